The smallest absolute Gasteiger partial charge is 0.264 e. The molecule has 170 valence electrons. The van der Waals surface area contributed by atoms with Crippen LogP contribution < -0.4 is 4.90 Å². The number of benzene rings is 3. The third-order valence-corrected chi connectivity index (χ3v) is 7.06. The summed E-state index contributed by atoms with van der Waals surface area (Å²) in [6, 6.07) is 17.0. The predicted octanol–water partition coefficient (Wildman–Crippen LogP) is 5.62. The maximum Gasteiger partial charge on any atom is 0.264 e. The predicted molar refractivity (Wildman–Crippen MR) is 132 cm³/mol. The van der Waals surface area contributed by atoms with Gasteiger partial charge in [-0.3, -0.25) is 9.59 Å². The number of anilines is 1. The number of carbonyl (C=O) groups excluding carboxylic acids is 2. The summed E-state index contributed by atoms with van der Waals surface area (Å²) in [7, 11) is 0. The molecule has 1 heterocycles. The minimum atomic E-state index is -1.95. The molecule has 0 spiro atoms. The van der Waals surface area contributed by atoms with Crippen molar-refractivity contribution in [3.63, 3.8) is 0 Å². The molecule has 3 aromatic rings. The minimum Gasteiger partial charge on any atom is -0.375 e. The first-order valence-corrected chi connectivity index (χ1v) is 11.5. The van der Waals surface area contributed by atoms with Gasteiger partial charge in [0, 0.05) is 22.7 Å². The van der Waals surface area contributed by atoms with Gasteiger partial charge < -0.3 is 10.0 Å². The van der Waals surface area contributed by atoms with Crippen LogP contribution in [0, 0.1) is 27.7 Å². The van der Waals surface area contributed by atoms with E-state index in [9.17, 15) is 14.7 Å². The van der Waals surface area contributed by atoms with Crippen molar-refractivity contribution in [2.75, 3.05) is 11.4 Å². The molecular formula is C28H28ClNO3. The second-order valence-electron chi connectivity index (χ2n) is 8.95. The molecule has 4 nitrogen and oxygen atoms in total. The summed E-state index contributed by atoms with van der Waals surface area (Å²) < 4.78 is 0. The van der Waals surface area contributed by atoms with Crippen LogP contribution in [0.3, 0.4) is 0 Å². The van der Waals surface area contributed by atoms with E-state index in [1.54, 1.807) is 23.1 Å². The molecule has 4 rings (SSSR count). The van der Waals surface area contributed by atoms with E-state index in [-0.39, 0.29) is 12.2 Å². The van der Waals surface area contributed by atoms with Crippen LogP contribution in [-0.4, -0.2) is 23.3 Å². The van der Waals surface area contributed by atoms with E-state index in [2.05, 4.69) is 6.07 Å². The fourth-order valence-electron chi connectivity index (χ4n) is 4.76. The number of hydrogen-bond donors (Lipinski definition) is 1. The van der Waals surface area contributed by atoms with Gasteiger partial charge in [-0.15, -0.1) is 0 Å². The Labute approximate surface area is 199 Å². The molecule has 0 saturated heterocycles. The number of rotatable bonds is 6. The van der Waals surface area contributed by atoms with Gasteiger partial charge in [-0.1, -0.05) is 48.0 Å². The standard InChI is InChI=1S/C28H28ClNO3/c1-17-14-18(2)20(4)26(19(17)3)25(31)16-28(33)23-15-22(29)10-11-24(23)30(27(28)32)13-12-21-8-6-5-7-9-21/h5-11,14-15,33H,12-13,16H2,1-4H3/t28-/m1/s1. The third kappa shape index (κ3) is 4.09. The van der Waals surface area contributed by atoms with Gasteiger partial charge in [-0.2, -0.15) is 0 Å². The van der Waals surface area contributed by atoms with Crippen molar-refractivity contribution < 1.29 is 14.7 Å². The molecule has 0 radical (unpaired) electrons. The number of fused-ring (bicyclic) bond motifs is 1. The van der Waals surface area contributed by atoms with Crippen molar-refractivity contribution in [2.24, 2.45) is 0 Å². The first kappa shape index (κ1) is 23.2. The Kier molecular flexibility index (Phi) is 6.17. The van der Waals surface area contributed by atoms with E-state index in [0.717, 1.165) is 27.8 Å². The Morgan fingerprint density at radius 1 is 0.970 bits per heavy atom. The lowest BCUT2D eigenvalue weighted by molar-refractivity contribution is -0.135. The zero-order chi connectivity index (χ0) is 23.9. The molecule has 1 aliphatic heterocycles. The topological polar surface area (TPSA) is 57.6 Å². The zero-order valence-corrected chi connectivity index (χ0v) is 20.2. The summed E-state index contributed by atoms with van der Waals surface area (Å²) in [6.45, 7) is 8.15. The number of nitrogens with zero attached hydrogens (tertiary/aromatic N) is 1. The van der Waals surface area contributed by atoms with Gasteiger partial charge in [0.15, 0.2) is 11.4 Å². The van der Waals surface area contributed by atoms with E-state index in [4.69, 9.17) is 11.6 Å². The normalized spacial score (nSPS) is 17.4. The molecule has 1 amide bonds. The highest BCUT2D eigenvalue weighted by molar-refractivity contribution is 6.31. The molecule has 3 aromatic carbocycles. The molecule has 0 aromatic heterocycles. The number of hydrogen-bond acceptors (Lipinski definition) is 3. The van der Waals surface area contributed by atoms with Gasteiger partial charge in [0.1, 0.15) is 0 Å². The van der Waals surface area contributed by atoms with Crippen molar-refractivity contribution in [2.45, 2.75) is 46.1 Å². The van der Waals surface area contributed by atoms with Crippen LogP contribution in [0.1, 0.15) is 50.2 Å². The molecule has 33 heavy (non-hydrogen) atoms. The highest BCUT2D eigenvalue weighted by Gasteiger charge is 2.51. The highest BCUT2D eigenvalue weighted by Crippen LogP contribution is 2.44. The van der Waals surface area contributed by atoms with E-state index in [1.807, 2.05) is 58.0 Å². The monoisotopic (exact) mass is 461 g/mol. The number of halogens is 1. The molecule has 0 aliphatic carbocycles. The van der Waals surface area contributed by atoms with Gasteiger partial charge in [0.2, 0.25) is 0 Å². The molecular weight excluding hydrogens is 434 g/mol. The number of ketones is 1. The number of aliphatic hydroxyl groups is 1. The second-order valence-corrected chi connectivity index (χ2v) is 9.39. The number of aryl methyl sites for hydroxylation is 2. The highest BCUT2D eigenvalue weighted by atomic mass is 35.5. The van der Waals surface area contributed by atoms with Gasteiger partial charge in [0.05, 0.1) is 12.1 Å². The average molecular weight is 462 g/mol. The molecule has 0 bridgehead atoms. The minimum absolute atomic E-state index is 0.247. The molecule has 0 fully saturated rings. The molecule has 0 saturated carbocycles. The fourth-order valence-corrected chi connectivity index (χ4v) is 4.93. The van der Waals surface area contributed by atoms with Gasteiger partial charge in [-0.05, 0) is 80.1 Å². The molecule has 5 heteroatoms. The van der Waals surface area contributed by atoms with Crippen LogP contribution in [0.4, 0.5) is 5.69 Å². The van der Waals surface area contributed by atoms with E-state index in [0.29, 0.717) is 34.8 Å². The van der Waals surface area contributed by atoms with Crippen LogP contribution in [0.15, 0.2) is 54.6 Å². The summed E-state index contributed by atoms with van der Waals surface area (Å²) in [5, 5.41) is 12.1. The summed E-state index contributed by atoms with van der Waals surface area (Å²) in [5.41, 5.74) is 4.50. The summed E-state index contributed by atoms with van der Waals surface area (Å²) in [5.74, 6) is -0.729. The summed E-state index contributed by atoms with van der Waals surface area (Å²) >= 11 is 6.24. The van der Waals surface area contributed by atoms with E-state index < -0.39 is 11.5 Å². The summed E-state index contributed by atoms with van der Waals surface area (Å²) in [4.78, 5) is 28.7. The Hall–Kier alpha value is -2.95. The maximum absolute atomic E-state index is 13.6. The SMILES string of the molecule is Cc1cc(C)c(C)c(C(=O)C[C@]2(O)C(=O)N(CCc3ccccc3)c3ccc(Cl)cc32)c1C. The quantitative estimate of drug-likeness (QED) is 0.484. The number of Topliss-reactive ketones (excluding diaryl/α,β-unsaturated/α-hetero) is 1. The van der Waals surface area contributed by atoms with Crippen LogP contribution in [-0.2, 0) is 16.8 Å². The lowest BCUT2D eigenvalue weighted by Gasteiger charge is -2.24. The van der Waals surface area contributed by atoms with Gasteiger partial charge in [0.25, 0.3) is 5.91 Å². The molecule has 1 atom stereocenters. The first-order valence-electron chi connectivity index (χ1n) is 11.1. The van der Waals surface area contributed by atoms with Crippen LogP contribution in [0.5, 0.6) is 0 Å². The lowest BCUT2D eigenvalue weighted by Crippen LogP contribution is -2.42. The van der Waals surface area contributed by atoms with Crippen molar-refractivity contribution in [1.82, 2.24) is 0 Å². The Bertz CT molecular complexity index is 1230. The van der Waals surface area contributed by atoms with Crippen molar-refractivity contribution in [3.8, 4) is 0 Å². The average Bonchev–Trinajstić information content (AvgIpc) is 2.98. The summed E-state index contributed by atoms with van der Waals surface area (Å²) in [6.07, 6.45) is 0.305. The number of amides is 1. The largest absolute Gasteiger partial charge is 0.375 e. The Balaban J connectivity index is 1.70. The van der Waals surface area contributed by atoms with Crippen LogP contribution in [0.2, 0.25) is 5.02 Å². The van der Waals surface area contributed by atoms with Gasteiger partial charge in [-0.25, -0.2) is 0 Å². The van der Waals surface area contributed by atoms with Crippen LogP contribution >= 0.6 is 11.6 Å². The zero-order valence-electron chi connectivity index (χ0n) is 19.4. The molecule has 1 N–H and O–H groups in total. The van der Waals surface area contributed by atoms with E-state index >= 15 is 0 Å². The lowest BCUT2D eigenvalue weighted by atomic mass is 9.84. The second kappa shape index (κ2) is 8.77. The van der Waals surface area contributed by atoms with Crippen molar-refractivity contribution in [1.29, 1.82) is 0 Å². The van der Waals surface area contributed by atoms with Crippen LogP contribution in [0.25, 0.3) is 0 Å². The van der Waals surface area contributed by atoms with Crippen molar-refractivity contribution in [3.05, 3.63) is 98.6 Å². The van der Waals surface area contributed by atoms with Crippen molar-refractivity contribution >= 4 is 29.0 Å². The first-order chi connectivity index (χ1) is 15.6. The Morgan fingerprint density at radius 3 is 2.24 bits per heavy atom. The number of carbonyl (C=O) groups is 2. The maximum atomic E-state index is 13.6. The van der Waals surface area contributed by atoms with Gasteiger partial charge >= 0.3 is 0 Å². The van der Waals surface area contributed by atoms with E-state index in [1.165, 1.54) is 0 Å². The Morgan fingerprint density at radius 2 is 1.61 bits per heavy atom. The fraction of sp³-hybridized carbons (Fsp3) is 0.286. The third-order valence-electron chi connectivity index (χ3n) is 6.82. The molecule has 0 unspecified atom stereocenters. The molecule has 1 aliphatic rings.